The van der Waals surface area contributed by atoms with E-state index >= 15 is 0 Å². The van der Waals surface area contributed by atoms with Crippen LogP contribution in [0.25, 0.3) is 0 Å². The quantitative estimate of drug-likeness (QED) is 0.741. The maximum atomic E-state index is 4.77. The molecule has 0 radical (unpaired) electrons. The van der Waals surface area contributed by atoms with Crippen LogP contribution in [-0.2, 0) is 25.8 Å². The maximum absolute atomic E-state index is 4.77. The Morgan fingerprint density at radius 3 is 2.77 bits per heavy atom. The van der Waals surface area contributed by atoms with Crippen molar-refractivity contribution < 1.29 is 0 Å². The molecule has 0 saturated heterocycles. The number of hydrogen-bond donors (Lipinski definition) is 1. The van der Waals surface area contributed by atoms with Crippen LogP contribution in [0.3, 0.4) is 0 Å². The van der Waals surface area contributed by atoms with Gasteiger partial charge in [-0.15, -0.1) is 0 Å². The zero-order valence-electron chi connectivity index (χ0n) is 18.6. The van der Waals surface area contributed by atoms with Gasteiger partial charge in [-0.25, -0.2) is 0 Å². The van der Waals surface area contributed by atoms with E-state index in [4.69, 9.17) is 4.98 Å². The van der Waals surface area contributed by atoms with E-state index in [-0.39, 0.29) is 0 Å². The van der Waals surface area contributed by atoms with Gasteiger partial charge >= 0.3 is 0 Å². The Hall–Kier alpha value is -1.71. The van der Waals surface area contributed by atoms with Gasteiger partial charge < -0.3 is 5.32 Å². The number of likely N-dealkylation sites (N-methyl/N-ethyl adjacent to an activating group) is 1. The van der Waals surface area contributed by atoms with Crippen LogP contribution in [0.2, 0.25) is 0 Å². The highest BCUT2D eigenvalue weighted by molar-refractivity contribution is 5.38. The van der Waals surface area contributed by atoms with Crippen molar-refractivity contribution in [2.45, 2.75) is 82.8 Å². The molecule has 2 aliphatic carbocycles. The van der Waals surface area contributed by atoms with E-state index in [1.165, 1.54) is 81.0 Å². The third kappa shape index (κ3) is 4.33. The number of rotatable bonds is 5. The van der Waals surface area contributed by atoms with E-state index in [1.54, 1.807) is 11.1 Å². The summed E-state index contributed by atoms with van der Waals surface area (Å²) in [7, 11) is 2.31. The van der Waals surface area contributed by atoms with Gasteiger partial charge in [0.2, 0.25) is 0 Å². The summed E-state index contributed by atoms with van der Waals surface area (Å²) in [5.74, 6) is 0.908. The first kappa shape index (κ1) is 20.2. The predicted molar refractivity (Wildman–Crippen MR) is 124 cm³/mol. The molecule has 1 fully saturated rings. The van der Waals surface area contributed by atoms with Crippen LogP contribution in [0.15, 0.2) is 36.5 Å². The molecule has 160 valence electrons. The van der Waals surface area contributed by atoms with Gasteiger partial charge in [0, 0.05) is 25.3 Å². The van der Waals surface area contributed by atoms with Crippen molar-refractivity contribution in [3.05, 3.63) is 64.5 Å². The molecule has 1 aromatic heterocycles. The van der Waals surface area contributed by atoms with Gasteiger partial charge in [-0.05, 0) is 73.4 Å². The number of hydrogen-bond acceptors (Lipinski definition) is 3. The van der Waals surface area contributed by atoms with Crippen LogP contribution >= 0.6 is 0 Å². The summed E-state index contributed by atoms with van der Waals surface area (Å²) in [6, 6.07) is 12.4. The van der Waals surface area contributed by atoms with E-state index in [2.05, 4.69) is 47.6 Å². The van der Waals surface area contributed by atoms with E-state index in [0.717, 1.165) is 19.0 Å². The van der Waals surface area contributed by atoms with Crippen LogP contribution < -0.4 is 5.32 Å². The maximum Gasteiger partial charge on any atom is 0.0607 e. The highest BCUT2D eigenvalue weighted by Crippen LogP contribution is 2.33. The molecule has 0 bridgehead atoms. The monoisotopic (exact) mass is 403 g/mol. The number of aryl methyl sites for hydroxylation is 1. The summed E-state index contributed by atoms with van der Waals surface area (Å²) >= 11 is 0. The Morgan fingerprint density at radius 2 is 1.87 bits per heavy atom. The van der Waals surface area contributed by atoms with Crippen molar-refractivity contribution in [2.24, 2.45) is 5.92 Å². The standard InChI is InChI=1S/C27H37N3/c1-30(26-14-6-10-21-13-7-15-28-27(21)26)19-24-17-25-22(11-5-12-23(25)18-29-24)16-20-8-3-2-4-9-20/h5,7,11-13,15,20,24,26,29H,2-4,6,8-10,14,16-19H2,1H3/t24-,26-/m0/s1. The van der Waals surface area contributed by atoms with E-state index in [0.29, 0.717) is 12.1 Å². The first-order valence-corrected chi connectivity index (χ1v) is 12.2. The molecule has 0 spiro atoms. The minimum atomic E-state index is 0.468. The largest absolute Gasteiger partial charge is 0.308 e. The molecule has 3 heteroatoms. The highest BCUT2D eigenvalue weighted by Gasteiger charge is 2.28. The lowest BCUT2D eigenvalue weighted by Crippen LogP contribution is -2.45. The highest BCUT2D eigenvalue weighted by atomic mass is 15.2. The lowest BCUT2D eigenvalue weighted by atomic mass is 9.81. The van der Waals surface area contributed by atoms with Crippen molar-refractivity contribution in [3.63, 3.8) is 0 Å². The molecule has 0 unspecified atom stereocenters. The molecular formula is C27H37N3. The summed E-state index contributed by atoms with van der Waals surface area (Å²) in [6.07, 6.45) is 15.3. The molecular weight excluding hydrogens is 366 g/mol. The summed E-state index contributed by atoms with van der Waals surface area (Å²) in [6.45, 7) is 2.11. The smallest absolute Gasteiger partial charge is 0.0607 e. The second-order valence-corrected chi connectivity index (χ2v) is 9.94. The first-order chi connectivity index (χ1) is 14.8. The molecule has 0 amide bonds. The van der Waals surface area contributed by atoms with Gasteiger partial charge in [0.15, 0.2) is 0 Å². The number of fused-ring (bicyclic) bond motifs is 2. The Kier molecular flexibility index (Phi) is 6.19. The molecule has 3 aliphatic rings. The van der Waals surface area contributed by atoms with Crippen LogP contribution in [0.5, 0.6) is 0 Å². The lowest BCUT2D eigenvalue weighted by molar-refractivity contribution is 0.190. The molecule has 1 aliphatic heterocycles. The van der Waals surface area contributed by atoms with E-state index in [9.17, 15) is 0 Å². The summed E-state index contributed by atoms with van der Waals surface area (Å²) in [4.78, 5) is 7.33. The van der Waals surface area contributed by atoms with Crippen LogP contribution in [0, 0.1) is 5.92 Å². The summed E-state index contributed by atoms with van der Waals surface area (Å²) in [5, 5.41) is 3.84. The molecule has 1 saturated carbocycles. The number of nitrogens with one attached hydrogen (secondary N) is 1. The third-order valence-corrected chi connectivity index (χ3v) is 7.84. The minimum absolute atomic E-state index is 0.468. The third-order valence-electron chi connectivity index (χ3n) is 7.84. The predicted octanol–water partition coefficient (Wildman–Crippen LogP) is 5.23. The summed E-state index contributed by atoms with van der Waals surface area (Å²) < 4.78 is 0. The van der Waals surface area contributed by atoms with Gasteiger partial charge in [0.1, 0.15) is 0 Å². The Bertz CT molecular complexity index is 855. The van der Waals surface area contributed by atoms with Gasteiger partial charge in [-0.1, -0.05) is 56.4 Å². The fourth-order valence-electron chi connectivity index (χ4n) is 6.20. The molecule has 1 N–H and O–H groups in total. The Balaban J connectivity index is 1.28. The van der Waals surface area contributed by atoms with Crippen LogP contribution in [0.1, 0.15) is 78.9 Å². The Morgan fingerprint density at radius 1 is 1.00 bits per heavy atom. The van der Waals surface area contributed by atoms with Crippen molar-refractivity contribution in [2.75, 3.05) is 13.6 Å². The number of aromatic nitrogens is 1. The first-order valence-electron chi connectivity index (χ1n) is 12.2. The molecule has 2 aromatic rings. The topological polar surface area (TPSA) is 28.2 Å². The van der Waals surface area contributed by atoms with Crippen molar-refractivity contribution in [1.82, 2.24) is 15.2 Å². The number of benzene rings is 1. The van der Waals surface area contributed by atoms with Crippen molar-refractivity contribution >= 4 is 0 Å². The fourth-order valence-corrected chi connectivity index (χ4v) is 6.20. The number of nitrogens with zero attached hydrogens (tertiary/aromatic N) is 2. The molecule has 2 heterocycles. The van der Waals surface area contributed by atoms with Crippen molar-refractivity contribution in [1.29, 1.82) is 0 Å². The SMILES string of the molecule is CN(C[C@@H]1Cc2c(cccc2CC2CCCCC2)CN1)[C@H]1CCCc2cccnc21. The lowest BCUT2D eigenvalue weighted by Gasteiger charge is -2.37. The Labute approximate surface area is 182 Å². The second-order valence-electron chi connectivity index (χ2n) is 9.94. The summed E-state index contributed by atoms with van der Waals surface area (Å²) in [5.41, 5.74) is 7.60. The van der Waals surface area contributed by atoms with Gasteiger partial charge in [-0.3, -0.25) is 9.88 Å². The molecule has 1 aromatic carbocycles. The van der Waals surface area contributed by atoms with Gasteiger partial charge in [0.05, 0.1) is 11.7 Å². The molecule has 2 atom stereocenters. The normalized spacial score (nSPS) is 24.5. The number of pyridine rings is 1. The average molecular weight is 404 g/mol. The van der Waals surface area contributed by atoms with E-state index < -0.39 is 0 Å². The molecule has 3 nitrogen and oxygen atoms in total. The zero-order chi connectivity index (χ0) is 20.3. The molecule has 5 rings (SSSR count). The van der Waals surface area contributed by atoms with E-state index in [1.807, 2.05) is 6.20 Å². The fraction of sp³-hybridized carbons (Fsp3) is 0.593. The molecule has 30 heavy (non-hydrogen) atoms. The van der Waals surface area contributed by atoms with Crippen LogP contribution in [0.4, 0.5) is 0 Å². The van der Waals surface area contributed by atoms with Gasteiger partial charge in [-0.2, -0.15) is 0 Å². The minimum Gasteiger partial charge on any atom is -0.308 e. The van der Waals surface area contributed by atoms with Crippen LogP contribution in [-0.4, -0.2) is 29.5 Å². The van der Waals surface area contributed by atoms with Gasteiger partial charge in [0.25, 0.3) is 0 Å². The zero-order valence-corrected chi connectivity index (χ0v) is 18.6. The van der Waals surface area contributed by atoms with Crippen molar-refractivity contribution in [3.8, 4) is 0 Å². The average Bonchev–Trinajstić information content (AvgIpc) is 2.80. The second kappa shape index (κ2) is 9.20.